The number of hydrogen-bond acceptors (Lipinski definition) is 7. The van der Waals surface area contributed by atoms with Crippen LogP contribution in [-0.2, 0) is 24.0 Å². The second kappa shape index (κ2) is 13.2. The number of carbonyl (C=O) groups is 1. The first-order valence-corrected chi connectivity index (χ1v) is 14.0. The molecule has 0 spiro atoms. The van der Waals surface area contributed by atoms with Crippen molar-refractivity contribution in [2.24, 2.45) is 0 Å². The van der Waals surface area contributed by atoms with Crippen LogP contribution in [0.1, 0.15) is 32.6 Å². The first kappa shape index (κ1) is 32.8. The maximum absolute atomic E-state index is 15.8. The third-order valence-corrected chi connectivity index (χ3v) is 7.87. The van der Waals surface area contributed by atoms with Crippen molar-refractivity contribution in [3.8, 4) is 22.8 Å². The quantitative estimate of drug-likeness (QED) is 0.0627. The van der Waals surface area contributed by atoms with Gasteiger partial charge in [0.2, 0.25) is 0 Å². The average Bonchev–Trinajstić information content (AvgIpc) is 2.99. The Balaban J connectivity index is 1.96. The summed E-state index contributed by atoms with van der Waals surface area (Å²) in [5, 5.41) is 0. The molecule has 0 amide bonds. The van der Waals surface area contributed by atoms with Crippen LogP contribution in [0.2, 0.25) is 0 Å². The van der Waals surface area contributed by atoms with Crippen molar-refractivity contribution < 1.29 is 41.0 Å². The normalized spacial score (nSPS) is 11.3. The van der Waals surface area contributed by atoms with Crippen LogP contribution in [0.5, 0.6) is 11.5 Å². The maximum Gasteiger partial charge on any atom is 0.418 e. The molecule has 4 rings (SSSR count). The Kier molecular flexibility index (Phi) is 9.86. The number of nitrogen functional groups attached to an aromatic ring is 1. The van der Waals surface area contributed by atoms with E-state index in [-0.39, 0.29) is 24.5 Å². The fraction of sp³-hybridized carbons (Fsp3) is 0.226. The van der Waals surface area contributed by atoms with E-state index >= 15 is 8.78 Å². The molecular weight excluding hydrogens is 700 g/mol. The molecule has 4 aromatic rings. The summed E-state index contributed by atoms with van der Waals surface area (Å²) in [7, 11) is 3.99. The lowest BCUT2D eigenvalue weighted by Gasteiger charge is -2.27. The van der Waals surface area contributed by atoms with Gasteiger partial charge in [-0.1, -0.05) is 24.3 Å². The molecule has 0 fully saturated rings. The lowest BCUT2D eigenvalue weighted by Crippen LogP contribution is -2.25. The number of aromatic nitrogens is 1. The summed E-state index contributed by atoms with van der Waals surface area (Å²) in [6, 6.07) is 15.4. The predicted molar refractivity (Wildman–Crippen MR) is 164 cm³/mol. The Hall–Kier alpha value is -4.14. The molecule has 0 unspecified atom stereocenters. The van der Waals surface area contributed by atoms with Gasteiger partial charge in [-0.2, -0.15) is 13.2 Å². The van der Waals surface area contributed by atoms with E-state index in [1.54, 1.807) is 53.4 Å². The number of methoxy groups -OCH3 is 3. The topological polar surface area (TPSA) is 86.9 Å². The van der Waals surface area contributed by atoms with E-state index in [0.29, 0.717) is 11.5 Å². The van der Waals surface area contributed by atoms with Gasteiger partial charge in [0.15, 0.2) is 11.6 Å². The van der Waals surface area contributed by atoms with Crippen LogP contribution >= 0.6 is 22.6 Å². The molecule has 3 aromatic carbocycles. The Morgan fingerprint density at radius 2 is 1.41 bits per heavy atom. The van der Waals surface area contributed by atoms with Crippen LogP contribution in [-0.4, -0.2) is 32.3 Å². The summed E-state index contributed by atoms with van der Waals surface area (Å²) < 4.78 is 89.0. The number of pyridine rings is 1. The second-order valence-corrected chi connectivity index (χ2v) is 10.7. The highest BCUT2D eigenvalue weighted by Crippen LogP contribution is 2.44. The molecule has 0 aliphatic heterocycles. The Morgan fingerprint density at radius 1 is 0.909 bits per heavy atom. The monoisotopic (exact) mass is 727 g/mol. The smallest absolute Gasteiger partial charge is 0.418 e. The summed E-state index contributed by atoms with van der Waals surface area (Å²) in [4.78, 5) is 18.1. The number of hydrogen-bond donors (Lipinski definition) is 1. The molecule has 44 heavy (non-hydrogen) atoms. The van der Waals surface area contributed by atoms with E-state index in [0.717, 1.165) is 18.2 Å². The molecule has 7 nitrogen and oxygen atoms in total. The number of esters is 1. The fourth-order valence-electron chi connectivity index (χ4n) is 4.66. The zero-order valence-corrected chi connectivity index (χ0v) is 26.1. The van der Waals surface area contributed by atoms with Gasteiger partial charge >= 0.3 is 12.1 Å². The second-order valence-electron chi connectivity index (χ2n) is 9.67. The molecule has 0 radical (unpaired) electrons. The molecule has 0 saturated carbocycles. The van der Waals surface area contributed by atoms with Crippen molar-refractivity contribution in [2.45, 2.75) is 26.2 Å². The summed E-state index contributed by atoms with van der Waals surface area (Å²) in [6.45, 7) is 1.58. The van der Waals surface area contributed by atoms with Gasteiger partial charge < -0.3 is 24.8 Å². The number of benzene rings is 3. The van der Waals surface area contributed by atoms with Gasteiger partial charge in [-0.25, -0.2) is 18.6 Å². The molecule has 0 saturated heterocycles. The molecule has 13 heteroatoms. The van der Waals surface area contributed by atoms with Crippen LogP contribution in [0.4, 0.5) is 33.5 Å². The van der Waals surface area contributed by atoms with Crippen LogP contribution in [0.3, 0.4) is 0 Å². The molecular formula is C31H27F5IN3O4. The average molecular weight is 727 g/mol. The third-order valence-electron chi connectivity index (χ3n) is 6.86. The number of carbonyl (C=O) groups excluding carboxylic acids is 1. The maximum atomic E-state index is 15.8. The number of alkyl halides is 3. The van der Waals surface area contributed by atoms with Gasteiger partial charge in [-0.15, -0.1) is 0 Å². The number of nitrogens with zero attached hydrogens (tertiary/aromatic N) is 2. The Morgan fingerprint density at radius 3 is 1.84 bits per heavy atom. The zero-order valence-electron chi connectivity index (χ0n) is 24.0. The first-order chi connectivity index (χ1) is 20.8. The summed E-state index contributed by atoms with van der Waals surface area (Å²) in [5.41, 5.74) is 2.17. The molecule has 0 aliphatic carbocycles. The molecule has 1 heterocycles. The van der Waals surface area contributed by atoms with Gasteiger partial charge in [-0.05, 0) is 76.5 Å². The SMILES string of the molecule is COC(=O)c1c(N)c(F)c(-c2nc(N(Cc3ccc(OC)cc3)Cc3ccc(OC)cc3)cc(C)c2C(F)(F)F)c(I)c1F. The number of aryl methyl sites for hydroxylation is 1. The summed E-state index contributed by atoms with van der Waals surface area (Å²) in [5.74, 6) is -2.74. The molecule has 232 valence electrons. The molecule has 0 aliphatic rings. The zero-order chi connectivity index (χ0) is 32.3. The van der Waals surface area contributed by atoms with E-state index in [1.807, 2.05) is 0 Å². The Labute approximate surface area is 263 Å². The van der Waals surface area contributed by atoms with Gasteiger partial charge in [-0.3, -0.25) is 0 Å². The minimum atomic E-state index is -5.00. The minimum Gasteiger partial charge on any atom is -0.497 e. The van der Waals surface area contributed by atoms with Crippen LogP contribution in [0, 0.1) is 22.1 Å². The lowest BCUT2D eigenvalue weighted by molar-refractivity contribution is -0.137. The van der Waals surface area contributed by atoms with Gasteiger partial charge in [0.05, 0.1) is 47.4 Å². The van der Waals surface area contributed by atoms with E-state index in [2.05, 4.69) is 9.72 Å². The van der Waals surface area contributed by atoms with Crippen LogP contribution < -0.4 is 20.1 Å². The number of rotatable bonds is 9. The van der Waals surface area contributed by atoms with Crippen molar-refractivity contribution >= 4 is 40.1 Å². The number of halogens is 6. The van der Waals surface area contributed by atoms with E-state index < -0.39 is 55.4 Å². The van der Waals surface area contributed by atoms with Crippen LogP contribution in [0.25, 0.3) is 11.3 Å². The van der Waals surface area contributed by atoms with Crippen molar-refractivity contribution in [1.29, 1.82) is 0 Å². The van der Waals surface area contributed by atoms with Crippen molar-refractivity contribution in [3.63, 3.8) is 0 Å². The first-order valence-electron chi connectivity index (χ1n) is 12.9. The highest BCUT2D eigenvalue weighted by Gasteiger charge is 2.40. The molecule has 2 N–H and O–H groups in total. The van der Waals surface area contributed by atoms with Crippen molar-refractivity contribution in [2.75, 3.05) is 32.0 Å². The minimum absolute atomic E-state index is 0.0587. The van der Waals surface area contributed by atoms with Crippen LogP contribution in [0.15, 0.2) is 54.6 Å². The fourth-order valence-corrected chi connectivity index (χ4v) is 5.43. The summed E-state index contributed by atoms with van der Waals surface area (Å²) >= 11 is 1.34. The summed E-state index contributed by atoms with van der Waals surface area (Å²) in [6.07, 6.45) is -5.00. The van der Waals surface area contributed by atoms with Gasteiger partial charge in [0.1, 0.15) is 22.9 Å². The van der Waals surface area contributed by atoms with Crippen molar-refractivity contribution in [1.82, 2.24) is 4.98 Å². The predicted octanol–water partition coefficient (Wildman–Crippen LogP) is 7.55. The Bertz CT molecular complexity index is 1600. The molecule has 0 bridgehead atoms. The largest absolute Gasteiger partial charge is 0.497 e. The van der Waals surface area contributed by atoms with Gasteiger partial charge in [0, 0.05) is 13.1 Å². The highest BCUT2D eigenvalue weighted by molar-refractivity contribution is 14.1. The number of nitrogens with two attached hydrogens (primary N) is 1. The molecule has 1 aromatic heterocycles. The number of ether oxygens (including phenoxy) is 3. The third kappa shape index (κ3) is 6.66. The lowest BCUT2D eigenvalue weighted by atomic mass is 9.97. The van der Waals surface area contributed by atoms with E-state index in [1.165, 1.54) is 49.8 Å². The van der Waals surface area contributed by atoms with Crippen molar-refractivity contribution in [3.05, 3.63) is 97.6 Å². The highest BCUT2D eigenvalue weighted by atomic mass is 127. The standard InChI is InChI=1S/C31H27F5IN3O4/c1-16-13-21(40(14-17-5-9-19(42-2)10-6-17)15-18-7-11-20(43-3)12-8-18)39-29(24(16)31(34,35)36)22-26(33)28(38)23(30(41)44-4)25(32)27(22)37/h5-13H,14-15,38H2,1-4H3. The number of anilines is 2. The van der Waals surface area contributed by atoms with E-state index in [4.69, 9.17) is 15.2 Å². The van der Waals surface area contributed by atoms with Gasteiger partial charge in [0.25, 0.3) is 0 Å². The van der Waals surface area contributed by atoms with E-state index in [9.17, 15) is 18.0 Å². The molecule has 0 atom stereocenters.